The highest BCUT2D eigenvalue weighted by atomic mass is 16.5. The molecule has 32 heavy (non-hydrogen) atoms. The summed E-state index contributed by atoms with van der Waals surface area (Å²) in [5.74, 6) is 1.41. The molecule has 0 saturated carbocycles. The molecule has 4 aromatic rings. The van der Waals surface area contributed by atoms with Gasteiger partial charge in [0.15, 0.2) is 0 Å². The smallest absolute Gasteiger partial charge is 0.322 e. The molecule has 2 N–H and O–H groups in total. The van der Waals surface area contributed by atoms with Gasteiger partial charge in [-0.05, 0) is 47.9 Å². The predicted octanol–water partition coefficient (Wildman–Crippen LogP) is 5.36. The van der Waals surface area contributed by atoms with E-state index in [-0.39, 0.29) is 12.1 Å². The van der Waals surface area contributed by atoms with E-state index in [9.17, 15) is 4.79 Å². The van der Waals surface area contributed by atoms with Gasteiger partial charge in [-0.3, -0.25) is 0 Å². The van der Waals surface area contributed by atoms with Crippen LogP contribution in [-0.2, 0) is 6.42 Å². The van der Waals surface area contributed by atoms with Gasteiger partial charge in [-0.2, -0.15) is 0 Å². The molecule has 1 atom stereocenters. The number of rotatable bonds is 4. The largest absolute Gasteiger partial charge is 0.497 e. The number of nitrogens with zero attached hydrogens (tertiary/aromatic N) is 1. The molecule has 0 saturated heterocycles. The lowest BCUT2D eigenvalue weighted by Crippen LogP contribution is -2.43. The maximum Gasteiger partial charge on any atom is 0.322 e. The number of benzene rings is 3. The molecule has 1 aliphatic heterocycles. The van der Waals surface area contributed by atoms with Crippen molar-refractivity contribution in [3.05, 3.63) is 89.6 Å². The number of aromatic nitrogens is 1. The zero-order valence-electron chi connectivity index (χ0n) is 18.1. The Kier molecular flexibility index (Phi) is 5.19. The Hall–Kier alpha value is -3.93. The summed E-state index contributed by atoms with van der Waals surface area (Å²) in [6.45, 7) is 0.604. The molecule has 0 unspecified atom stereocenters. The Labute approximate surface area is 186 Å². The Morgan fingerprint density at radius 2 is 1.72 bits per heavy atom. The van der Waals surface area contributed by atoms with Crippen LogP contribution >= 0.6 is 0 Å². The first-order valence-corrected chi connectivity index (χ1v) is 10.6. The van der Waals surface area contributed by atoms with Crippen LogP contribution in [0.1, 0.15) is 22.9 Å². The van der Waals surface area contributed by atoms with Crippen LogP contribution in [0.2, 0.25) is 0 Å². The topological polar surface area (TPSA) is 66.6 Å². The van der Waals surface area contributed by atoms with Crippen molar-refractivity contribution in [3.63, 3.8) is 0 Å². The Morgan fingerprint density at radius 1 is 0.969 bits per heavy atom. The van der Waals surface area contributed by atoms with E-state index in [1.54, 1.807) is 14.2 Å². The van der Waals surface area contributed by atoms with Gasteiger partial charge in [-0.25, -0.2) is 4.79 Å². The van der Waals surface area contributed by atoms with Crippen molar-refractivity contribution < 1.29 is 14.3 Å². The van der Waals surface area contributed by atoms with E-state index >= 15 is 0 Å². The molecular formula is C26H25N3O3. The van der Waals surface area contributed by atoms with Crippen LogP contribution in [0.4, 0.5) is 10.5 Å². The summed E-state index contributed by atoms with van der Waals surface area (Å²) in [7, 11) is 3.25. The first kappa shape index (κ1) is 20.0. The highest BCUT2D eigenvalue weighted by molar-refractivity contribution is 5.92. The van der Waals surface area contributed by atoms with Crippen molar-refractivity contribution in [2.75, 3.05) is 26.1 Å². The maximum atomic E-state index is 13.5. The monoisotopic (exact) mass is 427 g/mol. The third kappa shape index (κ3) is 3.43. The third-order valence-corrected chi connectivity index (χ3v) is 6.08. The summed E-state index contributed by atoms with van der Waals surface area (Å²) >= 11 is 0. The fraction of sp³-hybridized carbons (Fsp3) is 0.192. The van der Waals surface area contributed by atoms with Crippen LogP contribution in [0, 0.1) is 0 Å². The number of amides is 2. The Morgan fingerprint density at radius 3 is 2.50 bits per heavy atom. The molecule has 6 nitrogen and oxygen atoms in total. The minimum absolute atomic E-state index is 0.167. The number of methoxy groups -OCH3 is 2. The second-order valence-electron chi connectivity index (χ2n) is 7.81. The number of carbonyl (C=O) groups is 1. The highest BCUT2D eigenvalue weighted by Crippen LogP contribution is 2.39. The van der Waals surface area contributed by atoms with Crippen LogP contribution in [0.15, 0.2) is 72.8 Å². The van der Waals surface area contributed by atoms with E-state index < -0.39 is 0 Å². The van der Waals surface area contributed by atoms with E-state index in [2.05, 4.69) is 28.5 Å². The van der Waals surface area contributed by atoms with Crippen LogP contribution in [0.5, 0.6) is 11.5 Å². The van der Waals surface area contributed by atoms with Crippen molar-refractivity contribution in [3.8, 4) is 11.5 Å². The summed E-state index contributed by atoms with van der Waals surface area (Å²) in [4.78, 5) is 19.0. The van der Waals surface area contributed by atoms with E-state index in [0.29, 0.717) is 18.0 Å². The lowest BCUT2D eigenvalue weighted by molar-refractivity contribution is 0.193. The number of urea groups is 1. The standard InChI is InChI=1S/C26H25N3O3/c1-31-18-13-11-17(12-14-18)25-24-20(19-7-3-4-8-21(19)27-24)15-16-29(25)26(30)28-22-9-5-6-10-23(22)32-2/h3-14,25,27H,15-16H2,1-2H3,(H,28,30)/t25-/m0/s1. The summed E-state index contributed by atoms with van der Waals surface area (Å²) in [5, 5.41) is 4.26. The molecule has 0 radical (unpaired) electrons. The van der Waals surface area contributed by atoms with Crippen LogP contribution in [0.25, 0.3) is 10.9 Å². The fourth-order valence-electron chi connectivity index (χ4n) is 4.53. The van der Waals surface area contributed by atoms with E-state index in [1.165, 1.54) is 10.9 Å². The van der Waals surface area contributed by atoms with Gasteiger partial charge < -0.3 is 24.7 Å². The van der Waals surface area contributed by atoms with Gasteiger partial charge in [-0.1, -0.05) is 42.5 Å². The number of hydrogen-bond donors (Lipinski definition) is 2. The summed E-state index contributed by atoms with van der Waals surface area (Å²) in [6.07, 6.45) is 0.783. The van der Waals surface area contributed by atoms with Crippen LogP contribution in [0.3, 0.4) is 0 Å². The predicted molar refractivity (Wildman–Crippen MR) is 126 cm³/mol. The Bertz CT molecular complexity index is 1260. The number of fused-ring (bicyclic) bond motifs is 3. The lowest BCUT2D eigenvalue weighted by atomic mass is 9.92. The number of ether oxygens (including phenoxy) is 2. The number of carbonyl (C=O) groups excluding carboxylic acids is 1. The number of hydrogen-bond acceptors (Lipinski definition) is 3. The normalized spacial score (nSPS) is 15.3. The number of para-hydroxylation sites is 3. The molecular weight excluding hydrogens is 402 g/mol. The molecule has 0 aliphatic carbocycles. The molecule has 2 amide bonds. The molecule has 1 aromatic heterocycles. The summed E-state index contributed by atoms with van der Waals surface area (Å²) in [5.41, 5.74) is 5.08. The Balaban J connectivity index is 1.57. The van der Waals surface area contributed by atoms with Gasteiger partial charge in [-0.15, -0.1) is 0 Å². The van der Waals surface area contributed by atoms with Gasteiger partial charge in [0.2, 0.25) is 0 Å². The van der Waals surface area contributed by atoms with Gasteiger partial charge in [0, 0.05) is 23.1 Å². The average Bonchev–Trinajstić information content (AvgIpc) is 3.22. The van der Waals surface area contributed by atoms with Crippen LogP contribution < -0.4 is 14.8 Å². The van der Waals surface area contributed by atoms with Gasteiger partial charge >= 0.3 is 6.03 Å². The first-order valence-electron chi connectivity index (χ1n) is 10.6. The van der Waals surface area contributed by atoms with E-state index in [0.717, 1.165) is 28.9 Å². The molecule has 0 spiro atoms. The van der Waals surface area contributed by atoms with Crippen molar-refractivity contribution >= 4 is 22.6 Å². The molecule has 0 fully saturated rings. The van der Waals surface area contributed by atoms with Gasteiger partial charge in [0.05, 0.1) is 25.9 Å². The molecule has 0 bridgehead atoms. The molecule has 1 aliphatic rings. The van der Waals surface area contributed by atoms with E-state index in [1.807, 2.05) is 59.5 Å². The van der Waals surface area contributed by atoms with Crippen molar-refractivity contribution in [2.45, 2.75) is 12.5 Å². The molecule has 6 heteroatoms. The quantitative estimate of drug-likeness (QED) is 0.460. The second-order valence-corrected chi connectivity index (χ2v) is 7.81. The number of nitrogens with one attached hydrogen (secondary N) is 2. The lowest BCUT2D eigenvalue weighted by Gasteiger charge is -2.36. The van der Waals surface area contributed by atoms with E-state index in [4.69, 9.17) is 9.47 Å². The van der Waals surface area contributed by atoms with Crippen molar-refractivity contribution in [2.24, 2.45) is 0 Å². The molecule has 162 valence electrons. The zero-order chi connectivity index (χ0) is 22.1. The second kappa shape index (κ2) is 8.30. The van der Waals surface area contributed by atoms with Crippen LogP contribution in [-0.4, -0.2) is 36.7 Å². The molecule has 2 heterocycles. The van der Waals surface area contributed by atoms with Gasteiger partial charge in [0.25, 0.3) is 0 Å². The first-order chi connectivity index (χ1) is 15.7. The molecule has 3 aromatic carbocycles. The highest BCUT2D eigenvalue weighted by Gasteiger charge is 2.34. The summed E-state index contributed by atoms with van der Waals surface area (Å²) < 4.78 is 10.8. The zero-order valence-corrected chi connectivity index (χ0v) is 18.1. The van der Waals surface area contributed by atoms with Gasteiger partial charge in [0.1, 0.15) is 11.5 Å². The third-order valence-electron chi connectivity index (χ3n) is 6.08. The SMILES string of the molecule is COc1ccc([C@H]2c3[nH]c4ccccc4c3CCN2C(=O)Nc2ccccc2OC)cc1. The number of aromatic amines is 1. The molecule has 5 rings (SSSR count). The minimum atomic E-state index is -0.244. The number of H-pyrrole nitrogens is 1. The van der Waals surface area contributed by atoms with Crippen molar-refractivity contribution in [1.82, 2.24) is 9.88 Å². The maximum absolute atomic E-state index is 13.5. The fourth-order valence-corrected chi connectivity index (χ4v) is 4.53. The minimum Gasteiger partial charge on any atom is -0.497 e. The van der Waals surface area contributed by atoms with Crippen molar-refractivity contribution in [1.29, 1.82) is 0 Å². The number of anilines is 1. The summed E-state index contributed by atoms with van der Waals surface area (Å²) in [6, 6.07) is 23.2. The average molecular weight is 428 g/mol.